The predicted octanol–water partition coefficient (Wildman–Crippen LogP) is 0.800. The molecule has 16 heteroatoms. The topological polar surface area (TPSA) is 179 Å². The Balaban J connectivity index is 1.17. The van der Waals surface area contributed by atoms with E-state index >= 15 is 0 Å². The van der Waals surface area contributed by atoms with Crippen LogP contribution >= 0.6 is 11.6 Å². The second-order valence-corrected chi connectivity index (χ2v) is 13.0. The smallest absolute Gasteiger partial charge is 0.284 e. The van der Waals surface area contributed by atoms with Crippen molar-refractivity contribution in [3.05, 3.63) is 29.6 Å². The number of aromatic nitrogens is 4. The predicted molar refractivity (Wildman–Crippen MR) is 140 cm³/mol. The van der Waals surface area contributed by atoms with Crippen LogP contribution in [0.3, 0.4) is 0 Å². The first-order chi connectivity index (χ1) is 19.2. The van der Waals surface area contributed by atoms with Gasteiger partial charge in [-0.25, -0.2) is 18.4 Å². The quantitative estimate of drug-likeness (QED) is 0.213. The molecule has 0 spiro atoms. The van der Waals surface area contributed by atoms with Crippen molar-refractivity contribution in [1.82, 2.24) is 30.8 Å². The molecule has 6 saturated carbocycles. The van der Waals surface area contributed by atoms with E-state index in [0.29, 0.717) is 40.5 Å². The summed E-state index contributed by atoms with van der Waals surface area (Å²) in [5.74, 6) is 3.36. The van der Waals surface area contributed by atoms with E-state index in [4.69, 9.17) is 25.8 Å². The number of halogens is 1. The maximum absolute atomic E-state index is 13.6. The number of guanidine groups is 1. The number of hydrogen-bond donors (Lipinski definition) is 3. The zero-order chi connectivity index (χ0) is 28.1. The number of carbonyl (C=O) groups excluding carboxylic acids is 1. The van der Waals surface area contributed by atoms with Gasteiger partial charge in [-0.15, -0.1) is 4.40 Å². The molecule has 6 fully saturated rings. The molecule has 212 valence electrons. The van der Waals surface area contributed by atoms with Gasteiger partial charge < -0.3 is 19.5 Å². The molecule has 6 aliphatic rings. The summed E-state index contributed by atoms with van der Waals surface area (Å²) in [7, 11) is -0.389. The van der Waals surface area contributed by atoms with Crippen molar-refractivity contribution in [3.8, 4) is 11.8 Å². The average molecular weight is 591 g/mol. The van der Waals surface area contributed by atoms with E-state index in [1.54, 1.807) is 6.92 Å². The molecule has 0 bridgehead atoms. The van der Waals surface area contributed by atoms with Crippen LogP contribution in [0.4, 0.5) is 5.69 Å². The van der Waals surface area contributed by atoms with Crippen LogP contribution in [-0.2, 0) is 19.6 Å². The highest BCUT2D eigenvalue weighted by molar-refractivity contribution is 7.90. The molecule has 0 radical (unpaired) electrons. The molecule has 8 rings (SSSR count). The Hall–Kier alpha value is -3.30. The number of carbonyl (C=O) groups is 1. The Morgan fingerprint density at radius 1 is 0.975 bits per heavy atom. The first kappa shape index (κ1) is 25.7. The van der Waals surface area contributed by atoms with Gasteiger partial charge in [0.1, 0.15) is 12.2 Å². The van der Waals surface area contributed by atoms with Crippen molar-refractivity contribution in [3.63, 3.8) is 0 Å². The van der Waals surface area contributed by atoms with E-state index < -0.39 is 21.4 Å². The van der Waals surface area contributed by atoms with Gasteiger partial charge in [-0.1, -0.05) is 18.5 Å². The number of hydrogen-bond acceptors (Lipinski definition) is 10. The van der Waals surface area contributed by atoms with Crippen LogP contribution in [0, 0.1) is 46.8 Å². The molecule has 0 aromatic carbocycles. The van der Waals surface area contributed by atoms with E-state index in [1.807, 2.05) is 0 Å². The molecule has 3 N–H and O–H groups in total. The number of amides is 1. The van der Waals surface area contributed by atoms with Crippen LogP contribution in [0.5, 0.6) is 11.8 Å². The zero-order valence-electron chi connectivity index (χ0n) is 21.9. The molecule has 2 heterocycles. The first-order valence-corrected chi connectivity index (χ1v) is 14.7. The Morgan fingerprint density at radius 3 is 2.08 bits per heavy atom. The molecular formula is C24H27ClN8O6S. The van der Waals surface area contributed by atoms with E-state index in [1.165, 1.54) is 40.1 Å². The number of methoxy groups -OCH3 is 3. The lowest BCUT2D eigenvalue weighted by Crippen LogP contribution is -3.07. The maximum atomic E-state index is 13.6. The largest absolute Gasteiger partial charge is 0.479 e. The molecule has 2 atom stereocenters. The Kier molecular flexibility index (Phi) is 5.52. The summed E-state index contributed by atoms with van der Waals surface area (Å²) in [6.45, 7) is 1.59. The zero-order valence-corrected chi connectivity index (χ0v) is 23.5. The lowest BCUT2D eigenvalue weighted by molar-refractivity contribution is -0.596. The van der Waals surface area contributed by atoms with Gasteiger partial charge in [-0.2, -0.15) is 9.97 Å². The van der Waals surface area contributed by atoms with Crippen molar-refractivity contribution in [2.75, 3.05) is 26.6 Å². The van der Waals surface area contributed by atoms with Crippen LogP contribution in [-0.4, -0.2) is 67.0 Å². The number of nitrogens with one attached hydrogen (secondary N) is 3. The van der Waals surface area contributed by atoms with Crippen molar-refractivity contribution in [2.24, 2.45) is 51.2 Å². The average Bonchev–Trinajstić information content (AvgIpc) is 2.96. The van der Waals surface area contributed by atoms with Gasteiger partial charge in [0.25, 0.3) is 10.0 Å². The highest BCUT2D eigenvalue weighted by atomic mass is 35.5. The van der Waals surface area contributed by atoms with Crippen molar-refractivity contribution in [2.45, 2.75) is 18.3 Å². The third-order valence-electron chi connectivity index (χ3n) is 9.77. The number of ether oxygens (including phenoxy) is 3. The van der Waals surface area contributed by atoms with Crippen LogP contribution < -0.4 is 25.6 Å². The van der Waals surface area contributed by atoms with Crippen LogP contribution in [0.2, 0.25) is 5.02 Å². The number of sulfonamides is 1. The van der Waals surface area contributed by atoms with Crippen LogP contribution in [0.1, 0.15) is 18.7 Å². The summed E-state index contributed by atoms with van der Waals surface area (Å²) in [5, 5.41) is 3.13. The lowest BCUT2D eigenvalue weighted by Gasteiger charge is -3.06. The maximum Gasteiger partial charge on any atom is 0.284 e. The van der Waals surface area contributed by atoms with Crippen molar-refractivity contribution < 1.29 is 27.4 Å². The highest BCUT2D eigenvalue weighted by Gasteiger charge is 3.06. The van der Waals surface area contributed by atoms with Gasteiger partial charge in [-0.3, -0.25) is 15.6 Å². The summed E-state index contributed by atoms with van der Waals surface area (Å²) >= 11 is 5.88. The third kappa shape index (κ3) is 3.00. The molecular weight excluding hydrogens is 564 g/mol. The standard InChI is InChI=1S/C24H27ClN8O6S/c1-8(18-26-5-9(25)6-27-18)21(39-4)40(35,36)33-23(30-17-19(37-2)28-7-29-20(17)38-3)32-31-22(34)24-14-11-10-12(14)16(24)13(10)15(11)24/h5-8,10-16,21H,1-4H3,(H,31,34)(H2,30,32,33). The molecule has 1 amide bonds. The van der Waals surface area contributed by atoms with Gasteiger partial charge in [0.15, 0.2) is 11.1 Å². The van der Waals surface area contributed by atoms with Gasteiger partial charge >= 0.3 is 0 Å². The second-order valence-electron chi connectivity index (χ2n) is 10.9. The van der Waals surface area contributed by atoms with Crippen molar-refractivity contribution in [1.29, 1.82) is 0 Å². The molecule has 6 aliphatic carbocycles. The van der Waals surface area contributed by atoms with Gasteiger partial charge in [0.2, 0.25) is 23.6 Å². The minimum Gasteiger partial charge on any atom is -0.479 e. The Morgan fingerprint density at radius 2 is 1.55 bits per heavy atom. The normalized spacial score (nSPS) is 34.8. The molecule has 2 unspecified atom stereocenters. The third-order valence-corrected chi connectivity index (χ3v) is 11.6. The fourth-order valence-corrected chi connectivity index (χ4v) is 9.95. The monoisotopic (exact) mass is 590 g/mol. The fraction of sp³-hybridized carbons (Fsp3) is 0.583. The number of nitrogens with zero attached hydrogens (tertiary/aromatic N) is 5. The van der Waals surface area contributed by atoms with Gasteiger partial charge in [0.05, 0.1) is 30.6 Å². The summed E-state index contributed by atoms with van der Waals surface area (Å²) in [5.41, 5.74) is 3.70. The summed E-state index contributed by atoms with van der Waals surface area (Å²) in [4.78, 5) is 29.7. The van der Waals surface area contributed by atoms with Crippen LogP contribution in [0.25, 0.3) is 0 Å². The minimum atomic E-state index is -4.41. The molecule has 14 nitrogen and oxygen atoms in total. The molecule has 0 saturated heterocycles. The molecule has 0 aliphatic heterocycles. The molecule has 2 aromatic heterocycles. The van der Waals surface area contributed by atoms with Crippen LogP contribution in [0.15, 0.2) is 23.1 Å². The summed E-state index contributed by atoms with van der Waals surface area (Å²) in [6.07, 6.45) is 3.96. The number of rotatable bonds is 9. The second kappa shape index (κ2) is 8.60. The molecule has 2 aromatic rings. The fourth-order valence-electron chi connectivity index (χ4n) is 8.52. The lowest BCUT2D eigenvalue weighted by atomic mass is 8.96. The Labute approximate surface area is 234 Å². The van der Waals surface area contributed by atoms with E-state index in [2.05, 4.69) is 40.5 Å². The Bertz CT molecular complexity index is 1470. The minimum absolute atomic E-state index is 0.0672. The van der Waals surface area contributed by atoms with E-state index in [0.717, 1.165) is 5.92 Å². The summed E-state index contributed by atoms with van der Waals surface area (Å²) in [6, 6.07) is 0. The van der Waals surface area contributed by atoms with E-state index in [-0.39, 0.29) is 40.6 Å². The molecule has 40 heavy (non-hydrogen) atoms. The van der Waals surface area contributed by atoms with Crippen molar-refractivity contribution >= 4 is 39.2 Å². The van der Waals surface area contributed by atoms with E-state index in [9.17, 15) is 13.2 Å². The first-order valence-electron chi connectivity index (χ1n) is 12.8. The number of hydrazine groups is 1. The SMILES string of the molecule is COc1ncnc(OC)c1NC(=NS(=O)(=O)C(OC)C(C)c1ncc(Cl)cn1)NNC(=O)C12C3C4C5C3C1C5C42. The van der Waals surface area contributed by atoms with Gasteiger partial charge in [-0.05, 0) is 41.4 Å². The summed E-state index contributed by atoms with van der Waals surface area (Å²) < 4.78 is 47.0. The van der Waals surface area contributed by atoms with Gasteiger partial charge in [0, 0.05) is 19.5 Å². The number of anilines is 1. The highest BCUT2D eigenvalue weighted by Crippen LogP contribution is 3.05.